The average molecular weight is 395 g/mol. The molecule has 0 saturated heterocycles. The summed E-state index contributed by atoms with van der Waals surface area (Å²) in [5.41, 5.74) is -4.99. The van der Waals surface area contributed by atoms with Gasteiger partial charge < -0.3 is 0 Å². The number of hydrogen-bond donors (Lipinski definition) is 0. The van der Waals surface area contributed by atoms with Crippen molar-refractivity contribution in [3.05, 3.63) is 50.7 Å². The van der Waals surface area contributed by atoms with Crippen LogP contribution in [0.15, 0.2) is 24.5 Å². The molecule has 124 valence electrons. The number of hydrogen-bond acceptors (Lipinski definition) is 1. The smallest absolute Gasteiger partial charge is 0.263 e. The standard InChI is InChI=1S/C13H4Cl3F6N/c14-8-2-1-5(10(15)11(8)16)6-3-23-4-7(12(17,18)19)9(6)13(20,21)22/h1-4H. The highest BCUT2D eigenvalue weighted by Gasteiger charge is 2.45. The van der Waals surface area contributed by atoms with Gasteiger partial charge in [-0.15, -0.1) is 0 Å². The molecular weight excluding hydrogens is 390 g/mol. The third kappa shape index (κ3) is 3.51. The zero-order valence-electron chi connectivity index (χ0n) is 10.7. The maximum Gasteiger partial charge on any atom is 0.418 e. The van der Waals surface area contributed by atoms with Gasteiger partial charge in [-0.3, -0.25) is 4.98 Å². The van der Waals surface area contributed by atoms with Crippen LogP contribution in [0.2, 0.25) is 15.1 Å². The minimum atomic E-state index is -5.28. The third-order valence-corrected chi connectivity index (χ3v) is 4.15. The predicted molar refractivity (Wildman–Crippen MR) is 74.7 cm³/mol. The second-order valence-electron chi connectivity index (χ2n) is 4.33. The highest BCUT2D eigenvalue weighted by molar-refractivity contribution is 6.49. The first-order valence-corrected chi connectivity index (χ1v) is 6.84. The first kappa shape index (κ1) is 18.2. The Bertz CT molecular complexity index is 755. The van der Waals surface area contributed by atoms with Crippen LogP contribution in [0.4, 0.5) is 26.3 Å². The predicted octanol–water partition coefficient (Wildman–Crippen LogP) is 6.75. The van der Waals surface area contributed by atoms with Crippen LogP contribution in [-0.2, 0) is 12.4 Å². The van der Waals surface area contributed by atoms with Crippen LogP contribution in [0.3, 0.4) is 0 Å². The van der Waals surface area contributed by atoms with E-state index in [0.29, 0.717) is 6.20 Å². The summed E-state index contributed by atoms with van der Waals surface area (Å²) in [5.74, 6) is 0. The van der Waals surface area contributed by atoms with Crippen molar-refractivity contribution in [3.8, 4) is 11.1 Å². The first-order chi connectivity index (χ1) is 10.4. The maximum absolute atomic E-state index is 13.2. The van der Waals surface area contributed by atoms with Gasteiger partial charge in [-0.1, -0.05) is 40.9 Å². The number of alkyl halides is 6. The minimum Gasteiger partial charge on any atom is -0.263 e. The lowest BCUT2D eigenvalue weighted by atomic mass is 9.97. The molecule has 0 unspecified atom stereocenters. The van der Waals surface area contributed by atoms with Crippen molar-refractivity contribution in [3.63, 3.8) is 0 Å². The Balaban J connectivity index is 2.87. The molecule has 0 aliphatic carbocycles. The Hall–Kier alpha value is -1.18. The zero-order chi connectivity index (χ0) is 17.6. The van der Waals surface area contributed by atoms with Gasteiger partial charge in [0.05, 0.1) is 26.2 Å². The first-order valence-electron chi connectivity index (χ1n) is 5.71. The van der Waals surface area contributed by atoms with Gasteiger partial charge in [0.15, 0.2) is 0 Å². The molecule has 1 aromatic carbocycles. The van der Waals surface area contributed by atoms with Gasteiger partial charge in [-0.05, 0) is 6.07 Å². The molecule has 0 aliphatic heterocycles. The highest BCUT2D eigenvalue weighted by Crippen LogP contribution is 2.47. The van der Waals surface area contributed by atoms with Crippen molar-refractivity contribution in [1.29, 1.82) is 0 Å². The van der Waals surface area contributed by atoms with Crippen LogP contribution in [-0.4, -0.2) is 4.98 Å². The van der Waals surface area contributed by atoms with Crippen LogP contribution < -0.4 is 0 Å². The number of rotatable bonds is 1. The third-order valence-electron chi connectivity index (χ3n) is 2.86. The number of aromatic nitrogens is 1. The minimum absolute atomic E-state index is 0.0473. The molecule has 1 aromatic heterocycles. The molecule has 23 heavy (non-hydrogen) atoms. The van der Waals surface area contributed by atoms with Crippen LogP contribution >= 0.6 is 34.8 Å². The normalized spacial score (nSPS) is 12.6. The Kier molecular flexibility index (Phi) is 4.76. The lowest BCUT2D eigenvalue weighted by Crippen LogP contribution is -2.18. The van der Waals surface area contributed by atoms with Crippen LogP contribution in [0.1, 0.15) is 11.1 Å². The Morgan fingerprint density at radius 3 is 1.87 bits per heavy atom. The molecule has 1 heterocycles. The molecule has 0 aliphatic rings. The molecule has 10 heteroatoms. The monoisotopic (exact) mass is 393 g/mol. The van der Waals surface area contributed by atoms with Crippen molar-refractivity contribution in [2.24, 2.45) is 0 Å². The van der Waals surface area contributed by atoms with E-state index < -0.39 is 34.1 Å². The Morgan fingerprint density at radius 1 is 0.739 bits per heavy atom. The van der Waals surface area contributed by atoms with Gasteiger partial charge in [-0.25, -0.2) is 0 Å². The Morgan fingerprint density at radius 2 is 1.35 bits per heavy atom. The van der Waals surface area contributed by atoms with Crippen LogP contribution in [0.5, 0.6) is 0 Å². The summed E-state index contributed by atoms with van der Waals surface area (Å²) in [6, 6.07) is 2.18. The van der Waals surface area contributed by atoms with Crippen LogP contribution in [0.25, 0.3) is 11.1 Å². The largest absolute Gasteiger partial charge is 0.418 e. The summed E-state index contributed by atoms with van der Waals surface area (Å²) in [7, 11) is 0. The van der Waals surface area contributed by atoms with Crippen molar-refractivity contribution in [2.75, 3.05) is 0 Å². The number of halogens is 9. The number of benzene rings is 1. The molecule has 0 spiro atoms. The summed E-state index contributed by atoms with van der Waals surface area (Å²) >= 11 is 17.2. The molecular formula is C13H4Cl3F6N. The number of nitrogens with zero attached hydrogens (tertiary/aromatic N) is 1. The Labute approximate surface area is 140 Å². The molecule has 1 nitrogen and oxygen atoms in total. The van der Waals surface area contributed by atoms with E-state index in [4.69, 9.17) is 34.8 Å². The van der Waals surface area contributed by atoms with Crippen molar-refractivity contribution < 1.29 is 26.3 Å². The zero-order valence-corrected chi connectivity index (χ0v) is 12.9. The second kappa shape index (κ2) is 6.03. The number of pyridine rings is 1. The average Bonchev–Trinajstić information content (AvgIpc) is 2.42. The van der Waals surface area contributed by atoms with Gasteiger partial charge in [0.25, 0.3) is 0 Å². The van der Waals surface area contributed by atoms with E-state index in [2.05, 4.69) is 4.98 Å². The lowest BCUT2D eigenvalue weighted by molar-refractivity contribution is -0.161. The van der Waals surface area contributed by atoms with Crippen molar-refractivity contribution in [2.45, 2.75) is 12.4 Å². The lowest BCUT2D eigenvalue weighted by Gasteiger charge is -2.19. The van der Waals surface area contributed by atoms with E-state index in [1.807, 2.05) is 0 Å². The SMILES string of the molecule is FC(F)(F)c1cncc(-c2ccc(Cl)c(Cl)c2Cl)c1C(F)(F)F. The van der Waals surface area contributed by atoms with Crippen molar-refractivity contribution in [1.82, 2.24) is 4.98 Å². The van der Waals surface area contributed by atoms with E-state index in [9.17, 15) is 26.3 Å². The summed E-state index contributed by atoms with van der Waals surface area (Å²) in [5, 5.41) is -0.712. The summed E-state index contributed by atoms with van der Waals surface area (Å²) < 4.78 is 78.3. The van der Waals surface area contributed by atoms with Gasteiger partial charge in [0, 0.05) is 23.5 Å². The molecule has 0 atom stereocenters. The quantitative estimate of drug-likeness (QED) is 0.385. The van der Waals surface area contributed by atoms with Gasteiger partial charge in [0.2, 0.25) is 0 Å². The maximum atomic E-state index is 13.2. The molecule has 0 radical (unpaired) electrons. The molecule has 0 saturated carbocycles. The van der Waals surface area contributed by atoms with E-state index in [-0.39, 0.29) is 21.8 Å². The molecule has 0 fully saturated rings. The van der Waals surface area contributed by atoms with Crippen molar-refractivity contribution >= 4 is 34.8 Å². The van der Waals surface area contributed by atoms with Gasteiger partial charge in [0.1, 0.15) is 0 Å². The summed E-state index contributed by atoms with van der Waals surface area (Å²) in [4.78, 5) is 3.24. The summed E-state index contributed by atoms with van der Waals surface area (Å²) in [6.45, 7) is 0. The molecule has 2 aromatic rings. The fourth-order valence-corrected chi connectivity index (χ4v) is 2.56. The van der Waals surface area contributed by atoms with Crippen LogP contribution in [0, 0.1) is 0 Å². The van der Waals surface area contributed by atoms with E-state index in [1.165, 1.54) is 0 Å². The second-order valence-corrected chi connectivity index (χ2v) is 5.49. The fourth-order valence-electron chi connectivity index (χ4n) is 1.92. The molecule has 2 rings (SSSR count). The molecule has 0 bridgehead atoms. The molecule has 0 amide bonds. The van der Waals surface area contributed by atoms with E-state index in [1.54, 1.807) is 0 Å². The van der Waals surface area contributed by atoms with Gasteiger partial charge >= 0.3 is 12.4 Å². The fraction of sp³-hybridized carbons (Fsp3) is 0.154. The van der Waals surface area contributed by atoms with E-state index in [0.717, 1.165) is 12.1 Å². The topological polar surface area (TPSA) is 12.9 Å². The molecule has 0 N–H and O–H groups in total. The highest BCUT2D eigenvalue weighted by atomic mass is 35.5. The van der Waals surface area contributed by atoms with E-state index >= 15 is 0 Å². The summed E-state index contributed by atoms with van der Waals surface area (Å²) in [6.07, 6.45) is -9.77. The van der Waals surface area contributed by atoms with Gasteiger partial charge in [-0.2, -0.15) is 26.3 Å².